The van der Waals surface area contributed by atoms with E-state index in [2.05, 4.69) is 5.16 Å². The second kappa shape index (κ2) is 5.68. The first-order chi connectivity index (χ1) is 9.27. The van der Waals surface area contributed by atoms with Gasteiger partial charge in [-0.2, -0.15) is 0 Å². The molecule has 1 heterocycles. The van der Waals surface area contributed by atoms with Crippen LogP contribution in [0.15, 0.2) is 5.16 Å². The summed E-state index contributed by atoms with van der Waals surface area (Å²) in [5.41, 5.74) is 9.40. The van der Waals surface area contributed by atoms with Crippen molar-refractivity contribution in [2.24, 2.45) is 27.5 Å². The third kappa shape index (κ3) is 2.44. The molecule has 1 aliphatic heterocycles. The lowest BCUT2D eigenvalue weighted by Crippen LogP contribution is -2.51. The first kappa shape index (κ1) is 16.3. The Morgan fingerprint density at radius 2 is 1.90 bits per heavy atom. The lowest BCUT2D eigenvalue weighted by Gasteiger charge is -2.33. The summed E-state index contributed by atoms with van der Waals surface area (Å²) in [5.74, 6) is -0.696. The average Bonchev–Trinajstić information content (AvgIpc) is 2.84. The van der Waals surface area contributed by atoms with E-state index in [-0.39, 0.29) is 18.3 Å². The fraction of sp³-hybridized carbons (Fsp3) is 0.769. The predicted molar refractivity (Wildman–Crippen MR) is 74.9 cm³/mol. The number of oxime groups is 1. The SMILES string of the molecule is CCC(CC)(C(=O)N1CCC(C)(C(N)=O)C1)C(N)=NO. The van der Waals surface area contributed by atoms with E-state index in [1.807, 2.05) is 13.8 Å². The standard InChI is InChI=1S/C13H24N4O3/c1-4-13(5-2,9(14)16-20)11(19)17-7-6-12(3,8-17)10(15)18/h20H,4-8H2,1-3H3,(H2,14,16)(H2,15,18). The number of likely N-dealkylation sites (tertiary alicyclic amines) is 1. The first-order valence-corrected chi connectivity index (χ1v) is 6.84. The summed E-state index contributed by atoms with van der Waals surface area (Å²) in [7, 11) is 0. The molecule has 1 fully saturated rings. The number of hydrogen-bond donors (Lipinski definition) is 3. The molecule has 0 aromatic rings. The van der Waals surface area contributed by atoms with Gasteiger partial charge >= 0.3 is 0 Å². The Balaban J connectivity index is 3.03. The quantitative estimate of drug-likeness (QED) is 0.290. The average molecular weight is 284 g/mol. The Bertz CT molecular complexity index is 431. The third-order valence-electron chi connectivity index (χ3n) is 4.57. The fourth-order valence-corrected chi connectivity index (χ4v) is 2.76. The zero-order valence-electron chi connectivity index (χ0n) is 12.3. The number of hydrogen-bond acceptors (Lipinski definition) is 4. The summed E-state index contributed by atoms with van der Waals surface area (Å²) in [5, 5.41) is 12.0. The van der Waals surface area contributed by atoms with Gasteiger partial charge in [0.1, 0.15) is 5.41 Å². The molecule has 7 nitrogen and oxygen atoms in total. The minimum atomic E-state index is -1.02. The second-order valence-corrected chi connectivity index (χ2v) is 5.68. The number of nitrogens with zero attached hydrogens (tertiary/aromatic N) is 2. The van der Waals surface area contributed by atoms with Crippen molar-refractivity contribution in [1.29, 1.82) is 0 Å². The largest absolute Gasteiger partial charge is 0.409 e. The molecule has 114 valence electrons. The van der Waals surface area contributed by atoms with E-state index in [4.69, 9.17) is 16.7 Å². The van der Waals surface area contributed by atoms with Gasteiger partial charge in [0.2, 0.25) is 11.8 Å². The number of amidine groups is 1. The highest BCUT2D eigenvalue weighted by Crippen LogP contribution is 2.35. The molecular weight excluding hydrogens is 260 g/mol. The van der Waals surface area contributed by atoms with Crippen LogP contribution in [0.25, 0.3) is 0 Å². The highest BCUT2D eigenvalue weighted by Gasteiger charge is 2.48. The van der Waals surface area contributed by atoms with Crippen LogP contribution in [0, 0.1) is 10.8 Å². The monoisotopic (exact) mass is 284 g/mol. The molecular formula is C13H24N4O3. The fourth-order valence-electron chi connectivity index (χ4n) is 2.76. The van der Waals surface area contributed by atoms with Crippen molar-refractivity contribution in [3.8, 4) is 0 Å². The molecule has 2 amide bonds. The zero-order chi connectivity index (χ0) is 15.6. The molecule has 0 saturated carbocycles. The van der Waals surface area contributed by atoms with Crippen LogP contribution >= 0.6 is 0 Å². The van der Waals surface area contributed by atoms with Gasteiger partial charge in [-0.15, -0.1) is 0 Å². The van der Waals surface area contributed by atoms with Crippen molar-refractivity contribution in [1.82, 2.24) is 4.90 Å². The summed E-state index contributed by atoms with van der Waals surface area (Å²) in [4.78, 5) is 25.8. The van der Waals surface area contributed by atoms with Crippen LogP contribution in [0.5, 0.6) is 0 Å². The molecule has 0 bridgehead atoms. The smallest absolute Gasteiger partial charge is 0.236 e. The molecule has 1 rings (SSSR count). The predicted octanol–water partition coefficient (Wildman–Crippen LogP) is 0.263. The molecule has 0 aromatic carbocycles. The lowest BCUT2D eigenvalue weighted by molar-refractivity contribution is -0.138. The molecule has 0 spiro atoms. The van der Waals surface area contributed by atoms with Crippen molar-refractivity contribution in [2.45, 2.75) is 40.0 Å². The van der Waals surface area contributed by atoms with Crippen LogP contribution in [-0.2, 0) is 9.59 Å². The van der Waals surface area contributed by atoms with Gasteiger partial charge in [0, 0.05) is 13.1 Å². The van der Waals surface area contributed by atoms with Crippen molar-refractivity contribution >= 4 is 17.6 Å². The number of carbonyl (C=O) groups excluding carboxylic acids is 2. The minimum Gasteiger partial charge on any atom is -0.409 e. The Kier molecular flexibility index (Phi) is 4.62. The summed E-state index contributed by atoms with van der Waals surface area (Å²) in [6.45, 7) is 6.14. The van der Waals surface area contributed by atoms with E-state index in [0.29, 0.717) is 25.8 Å². The van der Waals surface area contributed by atoms with Crippen molar-refractivity contribution in [3.63, 3.8) is 0 Å². The molecule has 0 radical (unpaired) electrons. The van der Waals surface area contributed by atoms with Gasteiger partial charge in [-0.1, -0.05) is 19.0 Å². The number of amides is 2. The molecule has 20 heavy (non-hydrogen) atoms. The summed E-state index contributed by atoms with van der Waals surface area (Å²) in [6.07, 6.45) is 1.40. The van der Waals surface area contributed by atoms with Crippen LogP contribution in [0.4, 0.5) is 0 Å². The molecule has 1 atom stereocenters. The van der Waals surface area contributed by atoms with E-state index in [1.165, 1.54) is 0 Å². The maximum atomic E-state index is 12.7. The number of nitrogens with two attached hydrogens (primary N) is 2. The van der Waals surface area contributed by atoms with Crippen LogP contribution in [0.2, 0.25) is 0 Å². The molecule has 7 heteroatoms. The van der Waals surface area contributed by atoms with E-state index in [0.717, 1.165) is 0 Å². The van der Waals surface area contributed by atoms with Crippen molar-refractivity contribution in [3.05, 3.63) is 0 Å². The van der Waals surface area contributed by atoms with Gasteiger partial charge in [-0.05, 0) is 26.2 Å². The van der Waals surface area contributed by atoms with Crippen molar-refractivity contribution < 1.29 is 14.8 Å². The highest BCUT2D eigenvalue weighted by molar-refractivity contribution is 6.07. The molecule has 1 saturated heterocycles. The van der Waals surface area contributed by atoms with Gasteiger partial charge in [-0.25, -0.2) is 0 Å². The normalized spacial score (nSPS) is 23.9. The number of rotatable bonds is 5. The summed E-state index contributed by atoms with van der Waals surface area (Å²) < 4.78 is 0. The Morgan fingerprint density at radius 3 is 2.25 bits per heavy atom. The molecule has 0 aliphatic carbocycles. The van der Waals surface area contributed by atoms with Crippen LogP contribution in [0.3, 0.4) is 0 Å². The Morgan fingerprint density at radius 1 is 1.35 bits per heavy atom. The van der Waals surface area contributed by atoms with Gasteiger partial charge in [-0.3, -0.25) is 9.59 Å². The topological polar surface area (TPSA) is 122 Å². The maximum absolute atomic E-state index is 12.7. The van der Waals surface area contributed by atoms with Crippen LogP contribution in [-0.4, -0.2) is 40.8 Å². The second-order valence-electron chi connectivity index (χ2n) is 5.68. The number of primary amides is 1. The molecule has 0 aromatic heterocycles. The molecule has 1 unspecified atom stereocenters. The zero-order valence-corrected chi connectivity index (χ0v) is 12.3. The third-order valence-corrected chi connectivity index (χ3v) is 4.57. The highest BCUT2D eigenvalue weighted by atomic mass is 16.4. The van der Waals surface area contributed by atoms with Gasteiger partial charge in [0.15, 0.2) is 5.84 Å². The summed E-state index contributed by atoms with van der Waals surface area (Å²) in [6, 6.07) is 0. The van der Waals surface area contributed by atoms with Crippen molar-refractivity contribution in [2.75, 3.05) is 13.1 Å². The van der Waals surface area contributed by atoms with E-state index < -0.39 is 16.7 Å². The van der Waals surface area contributed by atoms with E-state index >= 15 is 0 Å². The number of carbonyl (C=O) groups is 2. The van der Waals surface area contributed by atoms with E-state index in [1.54, 1.807) is 11.8 Å². The Labute approximate surface area is 119 Å². The van der Waals surface area contributed by atoms with Crippen LogP contribution in [0.1, 0.15) is 40.0 Å². The van der Waals surface area contributed by atoms with Crippen LogP contribution < -0.4 is 11.5 Å². The first-order valence-electron chi connectivity index (χ1n) is 6.84. The maximum Gasteiger partial charge on any atom is 0.236 e. The van der Waals surface area contributed by atoms with Gasteiger partial charge in [0.05, 0.1) is 5.41 Å². The van der Waals surface area contributed by atoms with E-state index in [9.17, 15) is 9.59 Å². The molecule has 5 N–H and O–H groups in total. The van der Waals surface area contributed by atoms with Gasteiger partial charge in [0.25, 0.3) is 0 Å². The molecule has 1 aliphatic rings. The Hall–Kier alpha value is -1.79. The van der Waals surface area contributed by atoms with Gasteiger partial charge < -0.3 is 21.6 Å². The minimum absolute atomic E-state index is 0.0832. The lowest BCUT2D eigenvalue weighted by atomic mass is 9.79. The summed E-state index contributed by atoms with van der Waals surface area (Å²) >= 11 is 0.